The molecule has 32 heavy (non-hydrogen) atoms. The van der Waals surface area contributed by atoms with E-state index in [2.05, 4.69) is 28.2 Å². The molecule has 2 fully saturated rings. The summed E-state index contributed by atoms with van der Waals surface area (Å²) in [7, 11) is 3.78. The summed E-state index contributed by atoms with van der Waals surface area (Å²) in [6.07, 6.45) is 7.03. The average Bonchev–Trinajstić information content (AvgIpc) is 2.84. The smallest absolute Gasteiger partial charge is 0.161 e. The maximum Gasteiger partial charge on any atom is 0.161 e. The SMILES string of the molecule is COc1cc(CNCCCN2CCOCC2)ccc1OC[C@@H](O)CN(C)C1CCCCC1. The molecule has 0 unspecified atom stereocenters. The predicted octanol–water partition coefficient (Wildman–Crippen LogP) is 2.51. The standard InChI is InChI=1S/C25H43N3O4/c1-27(22-7-4-3-5-8-22)19-23(29)20-32-24-10-9-21(17-25(24)30-2)18-26-11-6-12-28-13-15-31-16-14-28/h9-10,17,22-23,26,29H,3-8,11-16,18-20H2,1-2H3/t23-/m0/s1. The van der Waals surface area contributed by atoms with Crippen molar-refractivity contribution in [1.29, 1.82) is 0 Å². The number of ether oxygens (including phenoxy) is 3. The van der Waals surface area contributed by atoms with Crippen LogP contribution in [0.15, 0.2) is 18.2 Å². The molecule has 0 aromatic heterocycles. The minimum absolute atomic E-state index is 0.270. The molecule has 1 saturated carbocycles. The highest BCUT2D eigenvalue weighted by molar-refractivity contribution is 5.43. The van der Waals surface area contributed by atoms with Crippen LogP contribution in [0.5, 0.6) is 11.5 Å². The van der Waals surface area contributed by atoms with E-state index < -0.39 is 6.10 Å². The molecule has 0 bridgehead atoms. The van der Waals surface area contributed by atoms with E-state index in [4.69, 9.17) is 14.2 Å². The normalized spacial score (nSPS) is 19.2. The van der Waals surface area contributed by atoms with Crippen molar-refractivity contribution >= 4 is 0 Å². The lowest BCUT2D eigenvalue weighted by molar-refractivity contribution is 0.0374. The van der Waals surface area contributed by atoms with Crippen LogP contribution in [0.4, 0.5) is 0 Å². The minimum Gasteiger partial charge on any atom is -0.493 e. The van der Waals surface area contributed by atoms with Gasteiger partial charge in [0.2, 0.25) is 0 Å². The molecule has 1 aliphatic carbocycles. The Labute approximate surface area is 194 Å². The van der Waals surface area contributed by atoms with Crippen molar-refractivity contribution in [1.82, 2.24) is 15.1 Å². The van der Waals surface area contributed by atoms with Gasteiger partial charge in [0.15, 0.2) is 11.5 Å². The number of aliphatic hydroxyl groups is 1. The fourth-order valence-electron chi connectivity index (χ4n) is 4.67. The fourth-order valence-corrected chi connectivity index (χ4v) is 4.67. The second-order valence-electron chi connectivity index (χ2n) is 9.17. The van der Waals surface area contributed by atoms with Crippen molar-refractivity contribution in [2.45, 2.75) is 57.2 Å². The van der Waals surface area contributed by atoms with Gasteiger partial charge in [-0.2, -0.15) is 0 Å². The molecule has 2 aliphatic rings. The number of likely N-dealkylation sites (N-methyl/N-ethyl adjacent to an activating group) is 1. The van der Waals surface area contributed by atoms with E-state index in [0.29, 0.717) is 24.1 Å². The number of methoxy groups -OCH3 is 1. The van der Waals surface area contributed by atoms with E-state index in [1.807, 2.05) is 12.1 Å². The summed E-state index contributed by atoms with van der Waals surface area (Å²) in [5, 5.41) is 14.0. The number of rotatable bonds is 13. The monoisotopic (exact) mass is 449 g/mol. The van der Waals surface area contributed by atoms with Crippen molar-refractivity contribution in [3.05, 3.63) is 23.8 Å². The van der Waals surface area contributed by atoms with Crippen molar-refractivity contribution < 1.29 is 19.3 Å². The second kappa shape index (κ2) is 14.0. The lowest BCUT2D eigenvalue weighted by atomic mass is 9.94. The van der Waals surface area contributed by atoms with E-state index in [0.717, 1.165) is 57.9 Å². The van der Waals surface area contributed by atoms with Crippen LogP contribution < -0.4 is 14.8 Å². The van der Waals surface area contributed by atoms with Gasteiger partial charge in [-0.05, 0) is 57.1 Å². The largest absolute Gasteiger partial charge is 0.493 e. The molecular weight excluding hydrogens is 406 g/mol. The Kier molecular flexibility index (Phi) is 11.1. The van der Waals surface area contributed by atoms with Gasteiger partial charge < -0.3 is 29.5 Å². The number of morpholine rings is 1. The third-order valence-electron chi connectivity index (χ3n) is 6.62. The molecule has 7 nitrogen and oxygen atoms in total. The third-order valence-corrected chi connectivity index (χ3v) is 6.62. The van der Waals surface area contributed by atoms with Gasteiger partial charge in [0, 0.05) is 32.2 Å². The van der Waals surface area contributed by atoms with Crippen LogP contribution in [0.1, 0.15) is 44.1 Å². The number of aliphatic hydroxyl groups excluding tert-OH is 1. The molecule has 7 heteroatoms. The Hall–Kier alpha value is -1.38. The van der Waals surface area contributed by atoms with Gasteiger partial charge in [0.05, 0.1) is 20.3 Å². The molecule has 3 rings (SSSR count). The van der Waals surface area contributed by atoms with Gasteiger partial charge in [0.1, 0.15) is 12.7 Å². The molecule has 1 aromatic rings. The quantitative estimate of drug-likeness (QED) is 0.449. The topological polar surface area (TPSA) is 66.4 Å². The molecule has 182 valence electrons. The molecule has 1 heterocycles. The zero-order valence-corrected chi connectivity index (χ0v) is 20.1. The molecule has 2 N–H and O–H groups in total. The molecule has 0 radical (unpaired) electrons. The molecule has 1 aromatic carbocycles. The van der Waals surface area contributed by atoms with Crippen LogP contribution in [-0.4, -0.2) is 93.8 Å². The summed E-state index contributed by atoms with van der Waals surface area (Å²) in [4.78, 5) is 4.75. The van der Waals surface area contributed by atoms with E-state index in [1.54, 1.807) is 7.11 Å². The second-order valence-corrected chi connectivity index (χ2v) is 9.17. The maximum atomic E-state index is 10.5. The Morgan fingerprint density at radius 3 is 2.72 bits per heavy atom. The molecule has 1 saturated heterocycles. The summed E-state index contributed by atoms with van der Waals surface area (Å²) in [6.45, 7) is 7.62. The lowest BCUT2D eigenvalue weighted by Gasteiger charge is -2.32. The van der Waals surface area contributed by atoms with Crippen LogP contribution in [0.25, 0.3) is 0 Å². The van der Waals surface area contributed by atoms with Crippen LogP contribution in [-0.2, 0) is 11.3 Å². The zero-order chi connectivity index (χ0) is 22.6. The lowest BCUT2D eigenvalue weighted by Crippen LogP contribution is -2.40. The first-order valence-corrected chi connectivity index (χ1v) is 12.3. The first-order chi connectivity index (χ1) is 15.7. The molecule has 1 atom stereocenters. The molecule has 0 spiro atoms. The Bertz CT molecular complexity index is 648. The third kappa shape index (κ3) is 8.52. The van der Waals surface area contributed by atoms with E-state index >= 15 is 0 Å². The summed E-state index contributed by atoms with van der Waals surface area (Å²) < 4.78 is 16.8. The van der Waals surface area contributed by atoms with Gasteiger partial charge in [-0.15, -0.1) is 0 Å². The van der Waals surface area contributed by atoms with Gasteiger partial charge >= 0.3 is 0 Å². The maximum absolute atomic E-state index is 10.5. The number of hydrogen-bond donors (Lipinski definition) is 2. The van der Waals surface area contributed by atoms with Gasteiger partial charge in [-0.25, -0.2) is 0 Å². The summed E-state index contributed by atoms with van der Waals surface area (Å²) >= 11 is 0. The minimum atomic E-state index is -0.514. The van der Waals surface area contributed by atoms with E-state index in [-0.39, 0.29) is 6.61 Å². The first-order valence-electron chi connectivity index (χ1n) is 12.3. The van der Waals surface area contributed by atoms with Crippen molar-refractivity contribution in [3.8, 4) is 11.5 Å². The Morgan fingerprint density at radius 1 is 1.19 bits per heavy atom. The van der Waals surface area contributed by atoms with Crippen LogP contribution in [0, 0.1) is 0 Å². The average molecular weight is 450 g/mol. The predicted molar refractivity (Wildman–Crippen MR) is 128 cm³/mol. The molecule has 0 amide bonds. The summed E-state index contributed by atoms with van der Waals surface area (Å²) in [6, 6.07) is 6.62. The number of nitrogens with zero attached hydrogens (tertiary/aromatic N) is 2. The van der Waals surface area contributed by atoms with Gasteiger partial charge in [-0.3, -0.25) is 4.90 Å². The van der Waals surface area contributed by atoms with Gasteiger partial charge in [-0.1, -0.05) is 25.3 Å². The number of benzene rings is 1. The first kappa shape index (κ1) is 25.2. The van der Waals surface area contributed by atoms with Crippen LogP contribution in [0.3, 0.4) is 0 Å². The number of hydrogen-bond acceptors (Lipinski definition) is 7. The Morgan fingerprint density at radius 2 is 1.97 bits per heavy atom. The van der Waals surface area contributed by atoms with Crippen LogP contribution >= 0.6 is 0 Å². The van der Waals surface area contributed by atoms with Gasteiger partial charge in [0.25, 0.3) is 0 Å². The van der Waals surface area contributed by atoms with Crippen molar-refractivity contribution in [2.75, 3.05) is 66.7 Å². The van der Waals surface area contributed by atoms with Crippen molar-refractivity contribution in [3.63, 3.8) is 0 Å². The van der Waals surface area contributed by atoms with E-state index in [1.165, 1.54) is 32.1 Å². The summed E-state index contributed by atoms with van der Waals surface area (Å²) in [5.41, 5.74) is 1.16. The fraction of sp³-hybridized carbons (Fsp3) is 0.760. The highest BCUT2D eigenvalue weighted by atomic mass is 16.5. The van der Waals surface area contributed by atoms with Crippen LogP contribution in [0.2, 0.25) is 0 Å². The van der Waals surface area contributed by atoms with Crippen molar-refractivity contribution in [2.24, 2.45) is 0 Å². The Balaban J connectivity index is 1.36. The highest BCUT2D eigenvalue weighted by Crippen LogP contribution is 2.28. The molecular formula is C25H43N3O4. The molecule has 1 aliphatic heterocycles. The zero-order valence-electron chi connectivity index (χ0n) is 20.1. The van der Waals surface area contributed by atoms with E-state index in [9.17, 15) is 5.11 Å². The summed E-state index contributed by atoms with van der Waals surface area (Å²) in [5.74, 6) is 1.40. The number of nitrogens with one attached hydrogen (secondary N) is 1. The highest BCUT2D eigenvalue weighted by Gasteiger charge is 2.20.